The number of halogens is 1. The largest absolute Gasteiger partial charge is 0.326 e. The third-order valence-electron chi connectivity index (χ3n) is 4.72. The van der Waals surface area contributed by atoms with E-state index in [-0.39, 0.29) is 18.4 Å². The Labute approximate surface area is 158 Å². The Kier molecular flexibility index (Phi) is 5.59. The lowest BCUT2D eigenvalue weighted by Crippen LogP contribution is -2.28. The monoisotopic (exact) mass is 374 g/mol. The van der Waals surface area contributed by atoms with Gasteiger partial charge < -0.3 is 5.73 Å². The summed E-state index contributed by atoms with van der Waals surface area (Å²) in [5.41, 5.74) is 10.2. The number of benzene rings is 1. The number of rotatable bonds is 4. The summed E-state index contributed by atoms with van der Waals surface area (Å²) < 4.78 is 1.91. The quantitative estimate of drug-likeness (QED) is 0.760. The maximum Gasteiger partial charge on any atom is 0.107 e. The molecule has 1 saturated heterocycles. The predicted octanol–water partition coefficient (Wildman–Crippen LogP) is 3.50. The van der Waals surface area contributed by atoms with E-state index in [9.17, 15) is 0 Å². The van der Waals surface area contributed by atoms with Crippen molar-refractivity contribution in [3.05, 3.63) is 65.2 Å². The van der Waals surface area contributed by atoms with Gasteiger partial charge in [-0.3, -0.25) is 9.58 Å². The van der Waals surface area contributed by atoms with E-state index in [0.29, 0.717) is 5.92 Å². The molecule has 6 heteroatoms. The van der Waals surface area contributed by atoms with Crippen molar-refractivity contribution in [2.45, 2.75) is 18.5 Å². The Morgan fingerprint density at radius 3 is 2.68 bits per heavy atom. The van der Waals surface area contributed by atoms with E-state index in [1.165, 1.54) is 16.0 Å². The minimum absolute atomic E-state index is 0. The van der Waals surface area contributed by atoms with Gasteiger partial charge in [-0.05, 0) is 17.0 Å². The molecule has 1 aromatic carbocycles. The molecule has 0 radical (unpaired) electrons. The van der Waals surface area contributed by atoms with Gasteiger partial charge in [-0.15, -0.1) is 23.7 Å². The molecule has 0 unspecified atom stereocenters. The summed E-state index contributed by atoms with van der Waals surface area (Å²) in [4.78, 5) is 3.69. The van der Waals surface area contributed by atoms with Crippen LogP contribution < -0.4 is 5.73 Å². The van der Waals surface area contributed by atoms with E-state index < -0.39 is 0 Å². The number of aromatic nitrogens is 2. The average Bonchev–Trinajstić information content (AvgIpc) is 3.29. The van der Waals surface area contributed by atoms with E-state index in [1.54, 1.807) is 11.3 Å². The zero-order valence-corrected chi connectivity index (χ0v) is 15.8. The second-order valence-corrected chi connectivity index (χ2v) is 7.48. The molecule has 25 heavy (non-hydrogen) atoms. The maximum absolute atomic E-state index is 6.43. The molecule has 2 N–H and O–H groups in total. The first-order chi connectivity index (χ1) is 11.7. The van der Waals surface area contributed by atoms with Gasteiger partial charge in [0, 0.05) is 50.4 Å². The zero-order valence-electron chi connectivity index (χ0n) is 14.2. The van der Waals surface area contributed by atoms with Gasteiger partial charge in [0.05, 0.1) is 4.88 Å². The van der Waals surface area contributed by atoms with Gasteiger partial charge in [-0.25, -0.2) is 0 Å². The molecule has 0 amide bonds. The number of thiophene rings is 1. The van der Waals surface area contributed by atoms with Crippen LogP contribution in [0, 0.1) is 0 Å². The second-order valence-electron chi connectivity index (χ2n) is 6.53. The van der Waals surface area contributed by atoms with Crippen LogP contribution in [0.4, 0.5) is 0 Å². The first-order valence-corrected chi connectivity index (χ1v) is 9.18. The molecule has 3 heterocycles. The van der Waals surface area contributed by atoms with Crippen molar-refractivity contribution in [2.24, 2.45) is 12.8 Å². The van der Waals surface area contributed by atoms with Crippen LogP contribution in [0.5, 0.6) is 0 Å². The average molecular weight is 375 g/mol. The highest BCUT2D eigenvalue weighted by molar-refractivity contribution is 7.13. The predicted molar refractivity (Wildman–Crippen MR) is 106 cm³/mol. The van der Waals surface area contributed by atoms with Gasteiger partial charge in [-0.1, -0.05) is 36.4 Å². The maximum atomic E-state index is 6.43. The Morgan fingerprint density at radius 1 is 1.16 bits per heavy atom. The van der Waals surface area contributed by atoms with Crippen molar-refractivity contribution in [2.75, 3.05) is 13.1 Å². The molecule has 0 aliphatic carbocycles. The number of hydrogen-bond acceptors (Lipinski definition) is 4. The smallest absolute Gasteiger partial charge is 0.107 e. The van der Waals surface area contributed by atoms with Gasteiger partial charge in [0.25, 0.3) is 0 Å². The van der Waals surface area contributed by atoms with Crippen LogP contribution in [-0.2, 0) is 13.6 Å². The number of hydrogen-bond donors (Lipinski definition) is 1. The van der Waals surface area contributed by atoms with Crippen molar-refractivity contribution in [1.82, 2.24) is 14.7 Å². The van der Waals surface area contributed by atoms with Crippen LogP contribution in [-0.4, -0.2) is 33.8 Å². The lowest BCUT2D eigenvalue weighted by molar-refractivity contribution is 0.324. The molecule has 2 atom stereocenters. The van der Waals surface area contributed by atoms with Crippen LogP contribution in [0.2, 0.25) is 0 Å². The molecule has 1 fully saturated rings. The summed E-state index contributed by atoms with van der Waals surface area (Å²) in [7, 11) is 1.99. The highest BCUT2D eigenvalue weighted by atomic mass is 35.5. The van der Waals surface area contributed by atoms with Crippen LogP contribution in [0.15, 0.2) is 54.0 Å². The molecule has 1 aliphatic rings. The molecule has 4 rings (SSSR count). The minimum Gasteiger partial charge on any atom is -0.326 e. The number of nitrogens with zero attached hydrogens (tertiary/aromatic N) is 3. The normalized spacial score (nSPS) is 20.6. The topological polar surface area (TPSA) is 47.1 Å². The summed E-state index contributed by atoms with van der Waals surface area (Å²) in [5.74, 6) is 0.410. The highest BCUT2D eigenvalue weighted by Gasteiger charge is 2.31. The SMILES string of the molecule is Cl.Cn1cc(CN2C[C@@H](N)[C@H](c3ccccc3)C2)c(-c2cccs2)n1. The lowest BCUT2D eigenvalue weighted by atomic mass is 9.95. The van der Waals surface area contributed by atoms with E-state index in [0.717, 1.165) is 25.3 Å². The van der Waals surface area contributed by atoms with Gasteiger partial charge in [0.2, 0.25) is 0 Å². The number of aryl methyl sites for hydroxylation is 1. The summed E-state index contributed by atoms with van der Waals surface area (Å²) in [6, 6.07) is 15.0. The second kappa shape index (κ2) is 7.70. The van der Waals surface area contributed by atoms with E-state index in [1.807, 2.05) is 11.7 Å². The van der Waals surface area contributed by atoms with Crippen molar-refractivity contribution in [1.29, 1.82) is 0 Å². The van der Waals surface area contributed by atoms with Crippen LogP contribution in [0.3, 0.4) is 0 Å². The molecule has 0 bridgehead atoms. The molecular formula is C19H23ClN4S. The van der Waals surface area contributed by atoms with Crippen LogP contribution >= 0.6 is 23.7 Å². The van der Waals surface area contributed by atoms with Crippen LogP contribution in [0.1, 0.15) is 17.0 Å². The lowest BCUT2D eigenvalue weighted by Gasteiger charge is -2.16. The van der Waals surface area contributed by atoms with Gasteiger partial charge >= 0.3 is 0 Å². The third-order valence-corrected chi connectivity index (χ3v) is 5.60. The van der Waals surface area contributed by atoms with Gasteiger partial charge in [0.1, 0.15) is 5.69 Å². The Morgan fingerprint density at radius 2 is 1.96 bits per heavy atom. The third kappa shape index (κ3) is 3.80. The van der Waals surface area contributed by atoms with Crippen molar-refractivity contribution in [3.63, 3.8) is 0 Å². The summed E-state index contributed by atoms with van der Waals surface area (Å²) in [5, 5.41) is 6.76. The minimum atomic E-state index is 0. The van der Waals surface area contributed by atoms with Gasteiger partial charge in [0.15, 0.2) is 0 Å². The first kappa shape index (κ1) is 18.1. The fourth-order valence-electron chi connectivity index (χ4n) is 3.61. The standard InChI is InChI=1S/C19H22N4S.ClH/c1-22-10-15(19(21-22)18-8-5-9-24-18)11-23-12-16(17(20)13-23)14-6-3-2-4-7-14;/h2-10,16-17H,11-13,20H2,1H3;1H/t16-,17+;/m0./s1. The van der Waals surface area contributed by atoms with E-state index in [4.69, 9.17) is 5.73 Å². The molecule has 132 valence electrons. The van der Waals surface area contributed by atoms with Crippen LogP contribution in [0.25, 0.3) is 10.6 Å². The van der Waals surface area contributed by atoms with E-state index >= 15 is 0 Å². The summed E-state index contributed by atoms with van der Waals surface area (Å²) in [6.07, 6.45) is 2.14. The van der Waals surface area contributed by atoms with Crippen molar-refractivity contribution >= 4 is 23.7 Å². The fourth-order valence-corrected chi connectivity index (χ4v) is 4.35. The van der Waals surface area contributed by atoms with Crippen molar-refractivity contribution < 1.29 is 0 Å². The van der Waals surface area contributed by atoms with Gasteiger partial charge in [-0.2, -0.15) is 5.10 Å². The zero-order chi connectivity index (χ0) is 16.5. The Hall–Kier alpha value is -1.66. The summed E-state index contributed by atoms with van der Waals surface area (Å²) >= 11 is 1.74. The Bertz CT molecular complexity index is 800. The van der Waals surface area contributed by atoms with E-state index in [2.05, 4.69) is 64.0 Å². The number of nitrogens with two attached hydrogens (primary N) is 1. The molecule has 2 aromatic heterocycles. The number of likely N-dealkylation sites (tertiary alicyclic amines) is 1. The molecular weight excluding hydrogens is 352 g/mol. The highest BCUT2D eigenvalue weighted by Crippen LogP contribution is 2.31. The molecule has 0 saturated carbocycles. The fraction of sp³-hybridized carbons (Fsp3) is 0.316. The Balaban J connectivity index is 0.00000182. The molecule has 3 aromatic rings. The van der Waals surface area contributed by atoms with Crippen molar-refractivity contribution in [3.8, 4) is 10.6 Å². The summed E-state index contributed by atoms with van der Waals surface area (Å²) in [6.45, 7) is 2.83. The molecule has 1 aliphatic heterocycles. The molecule has 0 spiro atoms. The molecule has 4 nitrogen and oxygen atoms in total. The first-order valence-electron chi connectivity index (χ1n) is 8.30.